The second-order valence-corrected chi connectivity index (χ2v) is 17.2. The Morgan fingerprint density at radius 3 is 1.15 bits per heavy atom. The molecule has 0 bridgehead atoms. The van der Waals surface area contributed by atoms with Gasteiger partial charge in [-0.25, -0.2) is 0 Å². The van der Waals surface area contributed by atoms with Crippen molar-refractivity contribution < 1.29 is 24.2 Å². The van der Waals surface area contributed by atoms with Crippen molar-refractivity contribution in [3.8, 4) is 5.75 Å². The van der Waals surface area contributed by atoms with Crippen LogP contribution in [0.15, 0.2) is 24.3 Å². The molecule has 0 saturated carbocycles. The van der Waals surface area contributed by atoms with Gasteiger partial charge in [0.05, 0.1) is 13.2 Å². The second kappa shape index (κ2) is 15.8. The van der Waals surface area contributed by atoms with E-state index in [-0.39, 0.29) is 33.6 Å². The normalized spacial score (nSPS) is 12.7. The maximum Gasteiger partial charge on any atom is 0.306 e. The maximum absolute atomic E-state index is 12.5. The van der Waals surface area contributed by atoms with Crippen molar-refractivity contribution in [2.24, 2.45) is 0 Å². The van der Waals surface area contributed by atoms with Gasteiger partial charge in [-0.1, -0.05) is 107 Å². The molecular formula is C41H64O5. The number of rotatable bonds is 13. The summed E-state index contributed by atoms with van der Waals surface area (Å²) >= 11 is 0. The van der Waals surface area contributed by atoms with Gasteiger partial charge in [-0.2, -0.15) is 0 Å². The van der Waals surface area contributed by atoms with Crippen molar-refractivity contribution in [2.75, 3.05) is 13.2 Å². The summed E-state index contributed by atoms with van der Waals surface area (Å²) in [6.07, 6.45) is 5.39. The molecule has 0 heterocycles. The minimum Gasteiger partial charge on any atom is -0.507 e. The molecule has 0 aliphatic heterocycles. The number of hydrogen-bond acceptors (Lipinski definition) is 5. The molecule has 5 heteroatoms. The van der Waals surface area contributed by atoms with Crippen molar-refractivity contribution >= 4 is 11.9 Å². The fourth-order valence-corrected chi connectivity index (χ4v) is 6.03. The van der Waals surface area contributed by atoms with Crippen LogP contribution in [0.1, 0.15) is 161 Å². The summed E-state index contributed by atoms with van der Waals surface area (Å²) in [4.78, 5) is 24.9. The van der Waals surface area contributed by atoms with Crippen molar-refractivity contribution in [1.29, 1.82) is 0 Å². The zero-order valence-electron chi connectivity index (χ0n) is 31.5. The molecular weight excluding hydrogens is 572 g/mol. The first-order chi connectivity index (χ1) is 21.0. The van der Waals surface area contributed by atoms with Crippen LogP contribution in [0.25, 0.3) is 0 Å². The Kier molecular flexibility index (Phi) is 13.6. The van der Waals surface area contributed by atoms with E-state index in [4.69, 9.17) is 9.47 Å². The average molecular weight is 637 g/mol. The lowest BCUT2D eigenvalue weighted by molar-refractivity contribution is -0.145. The summed E-state index contributed by atoms with van der Waals surface area (Å²) in [5.74, 6) is 0.00387. The van der Waals surface area contributed by atoms with Crippen LogP contribution < -0.4 is 0 Å². The van der Waals surface area contributed by atoms with Gasteiger partial charge in [0, 0.05) is 12.8 Å². The first-order valence-electron chi connectivity index (χ1n) is 17.3. The Hall–Kier alpha value is -2.82. The number of hydrogen-bond donors (Lipinski definition) is 1. The van der Waals surface area contributed by atoms with Gasteiger partial charge in [0.2, 0.25) is 0 Å². The number of aromatic hydroxyl groups is 1. The lowest BCUT2D eigenvalue weighted by Crippen LogP contribution is -2.20. The second-order valence-electron chi connectivity index (χ2n) is 17.2. The first-order valence-corrected chi connectivity index (χ1v) is 17.3. The highest BCUT2D eigenvalue weighted by Crippen LogP contribution is 2.40. The van der Waals surface area contributed by atoms with Gasteiger partial charge in [0.15, 0.2) is 0 Å². The Labute approximate surface area is 280 Å². The van der Waals surface area contributed by atoms with Crippen LogP contribution >= 0.6 is 0 Å². The molecule has 0 atom stereocenters. The number of carbonyl (C=O) groups excluding carboxylic acids is 2. The predicted octanol–water partition coefficient (Wildman–Crippen LogP) is 10.1. The topological polar surface area (TPSA) is 72.8 Å². The van der Waals surface area contributed by atoms with Crippen LogP contribution in [0, 0.1) is 6.92 Å². The third kappa shape index (κ3) is 12.1. The minimum atomic E-state index is -0.201. The molecule has 0 amide bonds. The smallest absolute Gasteiger partial charge is 0.306 e. The molecule has 0 unspecified atom stereocenters. The predicted molar refractivity (Wildman–Crippen MR) is 191 cm³/mol. The maximum atomic E-state index is 12.5. The highest BCUT2D eigenvalue weighted by Gasteiger charge is 2.27. The van der Waals surface area contributed by atoms with E-state index in [0.717, 1.165) is 42.4 Å². The summed E-state index contributed by atoms with van der Waals surface area (Å²) in [5.41, 5.74) is 7.77. The Bertz CT molecular complexity index is 1150. The van der Waals surface area contributed by atoms with E-state index in [1.165, 1.54) is 22.3 Å². The Morgan fingerprint density at radius 2 is 0.848 bits per heavy atom. The van der Waals surface area contributed by atoms with E-state index in [1.54, 1.807) is 0 Å². The van der Waals surface area contributed by atoms with E-state index in [2.05, 4.69) is 102 Å². The molecule has 1 N–H and O–H groups in total. The first kappa shape index (κ1) is 39.4. The zero-order chi connectivity index (χ0) is 35.1. The van der Waals surface area contributed by atoms with E-state index < -0.39 is 0 Å². The van der Waals surface area contributed by atoms with Crippen LogP contribution in [0.3, 0.4) is 0 Å². The van der Waals surface area contributed by atoms with Gasteiger partial charge in [0.25, 0.3) is 0 Å². The number of ether oxygens (including phenoxy) is 2. The molecule has 0 fully saturated rings. The number of aryl methyl sites for hydroxylation is 2. The minimum absolute atomic E-state index is 0.0414. The number of unbranched alkanes of at least 4 members (excludes halogenated alkanes) is 3. The molecule has 2 aromatic rings. The summed E-state index contributed by atoms with van der Waals surface area (Å²) in [7, 11) is 0. The summed E-state index contributed by atoms with van der Waals surface area (Å²) in [5, 5.41) is 10.9. The van der Waals surface area contributed by atoms with Crippen LogP contribution in [-0.2, 0) is 53.6 Å². The van der Waals surface area contributed by atoms with Crippen LogP contribution in [0.4, 0.5) is 0 Å². The number of phenolic OH excluding ortho intramolecular Hbond substituents is 1. The lowest BCUT2D eigenvalue weighted by atomic mass is 9.75. The molecule has 2 aromatic carbocycles. The lowest BCUT2D eigenvalue weighted by Gasteiger charge is -2.30. The highest BCUT2D eigenvalue weighted by atomic mass is 16.5. The summed E-state index contributed by atoms with van der Waals surface area (Å²) in [6.45, 7) is 29.0. The molecule has 0 aromatic heterocycles. The van der Waals surface area contributed by atoms with Gasteiger partial charge in [-0.3, -0.25) is 9.59 Å². The van der Waals surface area contributed by atoms with E-state index in [1.807, 2.05) is 12.1 Å². The molecule has 5 nitrogen and oxygen atoms in total. The largest absolute Gasteiger partial charge is 0.507 e. The van der Waals surface area contributed by atoms with E-state index in [0.29, 0.717) is 44.6 Å². The highest BCUT2D eigenvalue weighted by molar-refractivity contribution is 5.70. The number of esters is 2. The van der Waals surface area contributed by atoms with Crippen LogP contribution in [0.2, 0.25) is 0 Å². The molecule has 0 aliphatic rings. The SMILES string of the molecule is Cc1c(C(C)(C)C)cc(CCC(=O)OCCCCCCOC(=O)CCc2cc(C(C)(C)C)c(O)c(C(C)(C)C)c2)cc1C(C)(C)C. The molecule has 0 aliphatic carbocycles. The van der Waals surface area contributed by atoms with Gasteiger partial charge in [-0.05, 0) is 106 Å². The molecule has 46 heavy (non-hydrogen) atoms. The fourth-order valence-electron chi connectivity index (χ4n) is 6.03. The molecule has 258 valence electrons. The number of phenols is 1. The average Bonchev–Trinajstić information content (AvgIpc) is 2.90. The molecule has 0 spiro atoms. The fraction of sp³-hybridized carbons (Fsp3) is 0.659. The van der Waals surface area contributed by atoms with Gasteiger partial charge in [-0.15, -0.1) is 0 Å². The molecule has 0 saturated heterocycles. The number of carbonyl (C=O) groups is 2. The van der Waals surface area contributed by atoms with Crippen molar-refractivity contribution in [1.82, 2.24) is 0 Å². The zero-order valence-corrected chi connectivity index (χ0v) is 31.5. The third-order valence-electron chi connectivity index (χ3n) is 8.67. The van der Waals surface area contributed by atoms with Crippen LogP contribution in [0.5, 0.6) is 5.75 Å². The number of benzene rings is 2. The third-order valence-corrected chi connectivity index (χ3v) is 8.67. The Morgan fingerprint density at radius 1 is 0.543 bits per heavy atom. The van der Waals surface area contributed by atoms with Gasteiger partial charge < -0.3 is 14.6 Å². The Balaban J connectivity index is 1.71. The monoisotopic (exact) mass is 636 g/mol. The van der Waals surface area contributed by atoms with Crippen molar-refractivity contribution in [2.45, 2.75) is 163 Å². The van der Waals surface area contributed by atoms with Crippen molar-refractivity contribution in [3.63, 3.8) is 0 Å². The quantitative estimate of drug-likeness (QED) is 0.175. The van der Waals surface area contributed by atoms with Gasteiger partial charge >= 0.3 is 11.9 Å². The standard InChI is InChI=1S/C41H64O5/c1-28-31(38(2,3)4)24-29(25-32(28)39(5,6)7)18-20-35(42)45-22-16-14-15-17-23-46-36(43)21-19-30-26-33(40(8,9)10)37(44)34(27-30)41(11,12)13/h24-27,44H,14-23H2,1-13H3. The van der Waals surface area contributed by atoms with Crippen molar-refractivity contribution in [3.05, 3.63) is 63.2 Å². The van der Waals surface area contributed by atoms with Gasteiger partial charge in [0.1, 0.15) is 5.75 Å². The van der Waals surface area contributed by atoms with E-state index in [9.17, 15) is 14.7 Å². The van der Waals surface area contributed by atoms with E-state index >= 15 is 0 Å². The molecule has 2 rings (SSSR count). The van der Waals surface area contributed by atoms with Crippen LogP contribution in [-0.4, -0.2) is 30.3 Å². The summed E-state index contributed by atoms with van der Waals surface area (Å²) < 4.78 is 11.0. The summed E-state index contributed by atoms with van der Waals surface area (Å²) in [6, 6.07) is 8.59. The molecule has 0 radical (unpaired) electrons.